The summed E-state index contributed by atoms with van der Waals surface area (Å²) in [5.74, 6) is 0.470. The highest BCUT2D eigenvalue weighted by molar-refractivity contribution is 5.83. The van der Waals surface area contributed by atoms with E-state index in [1.165, 1.54) is 17.7 Å². The van der Waals surface area contributed by atoms with Crippen LogP contribution in [0.3, 0.4) is 0 Å². The van der Waals surface area contributed by atoms with Crippen molar-refractivity contribution in [3.05, 3.63) is 86.5 Å². The van der Waals surface area contributed by atoms with Gasteiger partial charge in [0.1, 0.15) is 22.9 Å². The molecule has 0 unspecified atom stereocenters. The second-order valence-corrected chi connectivity index (χ2v) is 15.3. The number of rotatable bonds is 4. The average molecular weight is 602 g/mol. The second-order valence-electron chi connectivity index (χ2n) is 15.3. The Labute approximate surface area is 264 Å². The van der Waals surface area contributed by atoms with E-state index in [0.717, 1.165) is 22.3 Å². The molecule has 44 heavy (non-hydrogen) atoms. The van der Waals surface area contributed by atoms with Gasteiger partial charge in [0.15, 0.2) is 0 Å². The van der Waals surface area contributed by atoms with Crippen molar-refractivity contribution in [3.63, 3.8) is 0 Å². The van der Waals surface area contributed by atoms with Gasteiger partial charge in [-0.05, 0) is 69.5 Å². The highest BCUT2D eigenvalue weighted by Gasteiger charge is 2.26. The molecule has 3 rings (SSSR count). The fourth-order valence-electron chi connectivity index (χ4n) is 4.41. The Morgan fingerprint density at radius 2 is 1.02 bits per heavy atom. The van der Waals surface area contributed by atoms with Crippen LogP contribution in [0.25, 0.3) is 0 Å². The minimum atomic E-state index is -0.435. The molecule has 0 bridgehead atoms. The number of phenolic OH excluding ortho intramolecular Hbond substituents is 2. The number of hydrogen-bond donors (Lipinski definition) is 2. The predicted molar refractivity (Wildman–Crippen MR) is 185 cm³/mol. The van der Waals surface area contributed by atoms with Crippen LogP contribution in [0.1, 0.15) is 118 Å². The molecule has 0 aromatic heterocycles. The van der Waals surface area contributed by atoms with Crippen LogP contribution in [-0.4, -0.2) is 27.6 Å². The van der Waals surface area contributed by atoms with Gasteiger partial charge in [0, 0.05) is 35.7 Å². The van der Waals surface area contributed by atoms with E-state index in [0.29, 0.717) is 17.1 Å². The SMILES string of the molecule is CC(C)(C)c1cc(N=Cc2ccc([N+](=O)[O-])cc2)c(O)c(C(C)(C)C)c1.CC=Nc1cc(C(C)(C)C)cc(C(C)(C)C)c1O. The summed E-state index contributed by atoms with van der Waals surface area (Å²) in [6, 6.07) is 14.2. The van der Waals surface area contributed by atoms with E-state index in [1.54, 1.807) is 24.6 Å². The van der Waals surface area contributed by atoms with Crippen molar-refractivity contribution >= 4 is 29.5 Å². The van der Waals surface area contributed by atoms with Gasteiger partial charge in [-0.1, -0.05) is 95.2 Å². The summed E-state index contributed by atoms with van der Waals surface area (Å²) in [7, 11) is 0. The smallest absolute Gasteiger partial charge is 0.269 e. The Kier molecular flexibility index (Phi) is 11.0. The molecule has 0 radical (unpaired) electrons. The third-order valence-electron chi connectivity index (χ3n) is 7.25. The summed E-state index contributed by atoms with van der Waals surface area (Å²) < 4.78 is 0. The summed E-state index contributed by atoms with van der Waals surface area (Å²) in [5, 5.41) is 31.8. The van der Waals surface area contributed by atoms with Gasteiger partial charge in [-0.2, -0.15) is 0 Å². The van der Waals surface area contributed by atoms with Gasteiger partial charge in [0.2, 0.25) is 0 Å². The Morgan fingerprint density at radius 1 is 0.636 bits per heavy atom. The van der Waals surface area contributed by atoms with E-state index in [1.807, 2.05) is 25.1 Å². The largest absolute Gasteiger partial charge is 0.505 e. The lowest BCUT2D eigenvalue weighted by Gasteiger charge is -2.26. The molecule has 0 heterocycles. The standard InChI is InChI=1S/C21H26N2O3.C16H25NO/c1-20(2,3)15-11-17(21(4,5)6)19(24)18(12-15)22-13-14-7-9-16(10-8-14)23(25)26;1-8-17-13-10-11(15(2,3)4)9-12(14(13)18)16(5,6)7/h7-13,24H,1-6H3;8-10,18H,1-7H3. The zero-order valence-electron chi connectivity index (χ0n) is 28.8. The third kappa shape index (κ3) is 9.50. The van der Waals surface area contributed by atoms with Gasteiger partial charge in [0.25, 0.3) is 5.69 Å². The number of hydrogen-bond acceptors (Lipinski definition) is 6. The molecule has 2 N–H and O–H groups in total. The van der Waals surface area contributed by atoms with E-state index in [4.69, 9.17) is 0 Å². The quantitative estimate of drug-likeness (QED) is 0.176. The fraction of sp³-hybridized carbons (Fsp3) is 0.459. The van der Waals surface area contributed by atoms with Crippen molar-refractivity contribution in [2.24, 2.45) is 9.98 Å². The molecule has 3 aromatic carbocycles. The summed E-state index contributed by atoms with van der Waals surface area (Å²) in [6.45, 7) is 27.2. The van der Waals surface area contributed by atoms with Gasteiger partial charge >= 0.3 is 0 Å². The molecule has 3 aromatic rings. The first-order valence-electron chi connectivity index (χ1n) is 15.0. The lowest BCUT2D eigenvalue weighted by atomic mass is 9.80. The molecule has 0 saturated heterocycles. The van der Waals surface area contributed by atoms with Crippen LogP contribution in [0.4, 0.5) is 17.1 Å². The van der Waals surface area contributed by atoms with Crippen molar-refractivity contribution in [1.82, 2.24) is 0 Å². The summed E-state index contributed by atoms with van der Waals surface area (Å²) in [5.41, 5.74) is 5.68. The van der Waals surface area contributed by atoms with E-state index in [9.17, 15) is 20.3 Å². The molecule has 7 heteroatoms. The Hall–Kier alpha value is -4.00. The van der Waals surface area contributed by atoms with Crippen molar-refractivity contribution in [3.8, 4) is 11.5 Å². The third-order valence-corrected chi connectivity index (χ3v) is 7.25. The van der Waals surface area contributed by atoms with Gasteiger partial charge in [0.05, 0.1) is 4.92 Å². The van der Waals surface area contributed by atoms with E-state index in [-0.39, 0.29) is 33.1 Å². The highest BCUT2D eigenvalue weighted by Crippen LogP contribution is 2.42. The first-order valence-corrected chi connectivity index (χ1v) is 15.0. The number of benzene rings is 3. The predicted octanol–water partition coefficient (Wildman–Crippen LogP) is 10.4. The van der Waals surface area contributed by atoms with E-state index in [2.05, 4.69) is 99.1 Å². The molecule has 238 valence electrons. The maximum absolute atomic E-state index is 10.7. The normalized spacial score (nSPS) is 12.8. The van der Waals surface area contributed by atoms with Gasteiger partial charge < -0.3 is 10.2 Å². The Balaban J connectivity index is 0.000000329. The van der Waals surface area contributed by atoms with Crippen molar-refractivity contribution in [2.45, 2.75) is 112 Å². The van der Waals surface area contributed by atoms with Crippen molar-refractivity contribution in [2.75, 3.05) is 0 Å². The maximum Gasteiger partial charge on any atom is 0.269 e. The van der Waals surface area contributed by atoms with Gasteiger partial charge in [-0.3, -0.25) is 20.1 Å². The first-order chi connectivity index (χ1) is 20.0. The molecule has 7 nitrogen and oxygen atoms in total. The fourth-order valence-corrected chi connectivity index (χ4v) is 4.41. The topological polar surface area (TPSA) is 108 Å². The number of nitro groups is 1. The Bertz CT molecular complexity index is 1520. The number of nitrogens with zero attached hydrogens (tertiary/aromatic N) is 3. The van der Waals surface area contributed by atoms with Crippen molar-refractivity contribution in [1.29, 1.82) is 0 Å². The highest BCUT2D eigenvalue weighted by atomic mass is 16.6. The maximum atomic E-state index is 10.7. The molecule has 0 spiro atoms. The average Bonchev–Trinajstić information content (AvgIpc) is 2.87. The van der Waals surface area contributed by atoms with Crippen LogP contribution in [-0.2, 0) is 21.7 Å². The monoisotopic (exact) mass is 601 g/mol. The number of aromatic hydroxyl groups is 2. The number of aliphatic imine (C=N–C) groups is 2. The van der Waals surface area contributed by atoms with E-state index >= 15 is 0 Å². The Morgan fingerprint density at radius 3 is 1.34 bits per heavy atom. The van der Waals surface area contributed by atoms with Gasteiger partial charge in [-0.15, -0.1) is 0 Å². The zero-order chi connectivity index (χ0) is 33.8. The van der Waals surface area contributed by atoms with Crippen LogP contribution >= 0.6 is 0 Å². The van der Waals surface area contributed by atoms with Crippen molar-refractivity contribution < 1.29 is 15.1 Å². The second kappa shape index (κ2) is 13.3. The number of phenols is 2. The summed E-state index contributed by atoms with van der Waals surface area (Å²) in [4.78, 5) is 19.0. The molecule has 0 fully saturated rings. The lowest BCUT2D eigenvalue weighted by Crippen LogP contribution is -2.16. The summed E-state index contributed by atoms with van der Waals surface area (Å²) in [6.07, 6.45) is 3.32. The minimum Gasteiger partial charge on any atom is -0.505 e. The minimum absolute atomic E-state index is 0.0368. The zero-order valence-corrected chi connectivity index (χ0v) is 28.8. The molecule has 0 aliphatic rings. The first kappa shape index (κ1) is 36.2. The van der Waals surface area contributed by atoms with Crippen LogP contribution < -0.4 is 0 Å². The molecule has 0 aliphatic heterocycles. The number of non-ortho nitro benzene ring substituents is 1. The molecular formula is C37H51N3O4. The van der Waals surface area contributed by atoms with Crippen LogP contribution in [0.15, 0.2) is 58.5 Å². The molecular weight excluding hydrogens is 550 g/mol. The summed E-state index contributed by atoms with van der Waals surface area (Å²) >= 11 is 0. The number of nitro benzene ring substituents is 1. The van der Waals surface area contributed by atoms with E-state index < -0.39 is 4.92 Å². The van der Waals surface area contributed by atoms with Gasteiger partial charge in [-0.25, -0.2) is 0 Å². The lowest BCUT2D eigenvalue weighted by molar-refractivity contribution is -0.384. The van der Waals surface area contributed by atoms with Crippen LogP contribution in [0.2, 0.25) is 0 Å². The molecule has 0 saturated carbocycles. The van der Waals surface area contributed by atoms with Crippen LogP contribution in [0, 0.1) is 10.1 Å². The molecule has 0 aliphatic carbocycles. The molecule has 0 atom stereocenters. The molecule has 0 amide bonds. The van der Waals surface area contributed by atoms with Crippen LogP contribution in [0.5, 0.6) is 11.5 Å².